The summed E-state index contributed by atoms with van der Waals surface area (Å²) in [5, 5.41) is 0. The van der Waals surface area contributed by atoms with Gasteiger partial charge in [0.2, 0.25) is 0 Å². The van der Waals surface area contributed by atoms with Gasteiger partial charge in [-0.15, -0.1) is 0 Å². The van der Waals surface area contributed by atoms with Gasteiger partial charge in [0, 0.05) is 0 Å². The van der Waals surface area contributed by atoms with E-state index in [0.29, 0.717) is 0 Å². The smallest absolute Gasteiger partial charge is 0.308 e. The van der Waals surface area contributed by atoms with Crippen molar-refractivity contribution in [2.45, 2.75) is 13.8 Å². The Morgan fingerprint density at radius 2 is 2.08 bits per heavy atom. The number of hydrogen-bond donors (Lipinski definition) is 1. The van der Waals surface area contributed by atoms with Gasteiger partial charge in [-0.05, 0) is 0 Å². The van der Waals surface area contributed by atoms with E-state index in [1.54, 1.807) is 13.8 Å². The van der Waals surface area contributed by atoms with Crippen LogP contribution in [-0.2, 0) is 25.1 Å². The molecule has 0 heterocycles. The standard InChI is InChI=1S/C6H12O5S/c1-5(2)6(7)10-3-4-11-12(8)9/h5H,3-4H2,1-2H3,(H,8,9). The SMILES string of the molecule is CC(C)C(=O)OCCOS(=O)O. The van der Waals surface area contributed by atoms with Crippen LogP contribution in [0.4, 0.5) is 0 Å². The normalized spacial score (nSPS) is 13.0. The molecule has 72 valence electrons. The monoisotopic (exact) mass is 196 g/mol. The fourth-order valence-electron chi connectivity index (χ4n) is 0.414. The molecule has 0 fully saturated rings. The van der Waals surface area contributed by atoms with Crippen molar-refractivity contribution in [3.8, 4) is 0 Å². The highest BCUT2D eigenvalue weighted by Crippen LogP contribution is 1.95. The molecule has 0 aromatic carbocycles. The van der Waals surface area contributed by atoms with E-state index in [4.69, 9.17) is 4.55 Å². The Balaban J connectivity index is 3.32. The van der Waals surface area contributed by atoms with Crippen LogP contribution in [-0.4, -0.2) is 27.9 Å². The number of carbonyl (C=O) groups is 1. The van der Waals surface area contributed by atoms with Crippen molar-refractivity contribution in [3.63, 3.8) is 0 Å². The van der Waals surface area contributed by atoms with Crippen molar-refractivity contribution in [1.82, 2.24) is 0 Å². The van der Waals surface area contributed by atoms with Gasteiger partial charge in [0.05, 0.1) is 5.92 Å². The van der Waals surface area contributed by atoms with E-state index in [1.807, 2.05) is 0 Å². The molecular weight excluding hydrogens is 184 g/mol. The van der Waals surface area contributed by atoms with E-state index >= 15 is 0 Å². The maximum absolute atomic E-state index is 10.8. The quantitative estimate of drug-likeness (QED) is 0.390. The molecule has 0 saturated heterocycles. The molecule has 0 aromatic rings. The van der Waals surface area contributed by atoms with Gasteiger partial charge in [-0.2, -0.15) is 4.21 Å². The van der Waals surface area contributed by atoms with Crippen LogP contribution in [0.1, 0.15) is 13.8 Å². The van der Waals surface area contributed by atoms with Crippen LogP contribution < -0.4 is 0 Å². The summed E-state index contributed by atoms with van der Waals surface area (Å²) in [6, 6.07) is 0. The number of ether oxygens (including phenoxy) is 1. The lowest BCUT2D eigenvalue weighted by Gasteiger charge is -2.05. The molecule has 0 rings (SSSR count). The van der Waals surface area contributed by atoms with E-state index in [1.165, 1.54) is 0 Å². The summed E-state index contributed by atoms with van der Waals surface area (Å²) in [5.41, 5.74) is 0. The first-order valence-corrected chi connectivity index (χ1v) is 4.48. The van der Waals surface area contributed by atoms with Crippen molar-refractivity contribution in [3.05, 3.63) is 0 Å². The number of esters is 1. The van der Waals surface area contributed by atoms with E-state index in [2.05, 4.69) is 8.92 Å². The molecule has 5 nitrogen and oxygen atoms in total. The molecule has 0 bridgehead atoms. The second-order valence-electron chi connectivity index (χ2n) is 2.36. The summed E-state index contributed by atoms with van der Waals surface area (Å²) in [5.74, 6) is -0.535. The third-order valence-electron chi connectivity index (χ3n) is 0.983. The third kappa shape index (κ3) is 6.26. The summed E-state index contributed by atoms with van der Waals surface area (Å²) < 4.78 is 26.9. The zero-order chi connectivity index (χ0) is 9.56. The molecule has 1 unspecified atom stereocenters. The summed E-state index contributed by atoms with van der Waals surface area (Å²) in [7, 11) is 0. The lowest BCUT2D eigenvalue weighted by Crippen LogP contribution is -2.15. The summed E-state index contributed by atoms with van der Waals surface area (Å²) in [6.07, 6.45) is 0. The summed E-state index contributed by atoms with van der Waals surface area (Å²) >= 11 is -2.28. The van der Waals surface area contributed by atoms with Crippen LogP contribution >= 0.6 is 0 Å². The third-order valence-corrected chi connectivity index (χ3v) is 1.35. The highest BCUT2D eigenvalue weighted by atomic mass is 32.2. The van der Waals surface area contributed by atoms with Crippen molar-refractivity contribution in [1.29, 1.82) is 0 Å². The Kier molecular flexibility index (Phi) is 5.87. The molecule has 12 heavy (non-hydrogen) atoms. The van der Waals surface area contributed by atoms with Crippen molar-refractivity contribution in [2.75, 3.05) is 13.2 Å². The molecule has 0 aliphatic heterocycles. The van der Waals surface area contributed by atoms with Crippen LogP contribution in [0.2, 0.25) is 0 Å². The van der Waals surface area contributed by atoms with Crippen molar-refractivity contribution < 1.29 is 22.5 Å². The maximum Gasteiger partial charge on any atom is 0.308 e. The lowest BCUT2D eigenvalue weighted by atomic mass is 10.2. The van der Waals surface area contributed by atoms with Crippen LogP contribution in [0.3, 0.4) is 0 Å². The Morgan fingerprint density at radius 3 is 2.50 bits per heavy atom. The number of carbonyl (C=O) groups excluding carboxylic acids is 1. The Morgan fingerprint density at radius 1 is 1.50 bits per heavy atom. The highest BCUT2D eigenvalue weighted by Gasteiger charge is 2.07. The average Bonchev–Trinajstić information content (AvgIpc) is 1.97. The highest BCUT2D eigenvalue weighted by molar-refractivity contribution is 7.74. The van der Waals surface area contributed by atoms with E-state index in [9.17, 15) is 9.00 Å². The first-order chi connectivity index (χ1) is 5.54. The fourth-order valence-corrected chi connectivity index (χ4v) is 0.625. The first kappa shape index (κ1) is 11.5. The predicted octanol–water partition coefficient (Wildman–Crippen LogP) is 0.339. The minimum atomic E-state index is -2.28. The number of rotatable bonds is 5. The second kappa shape index (κ2) is 6.10. The van der Waals surface area contributed by atoms with Crippen LogP contribution in [0.5, 0.6) is 0 Å². The van der Waals surface area contributed by atoms with Gasteiger partial charge in [-0.3, -0.25) is 13.5 Å². The van der Waals surface area contributed by atoms with Gasteiger partial charge in [0.1, 0.15) is 13.2 Å². The summed E-state index contributed by atoms with van der Waals surface area (Å²) in [4.78, 5) is 10.8. The molecule has 0 aliphatic carbocycles. The lowest BCUT2D eigenvalue weighted by molar-refractivity contribution is -0.148. The van der Waals surface area contributed by atoms with E-state index < -0.39 is 11.4 Å². The molecular formula is C6H12O5S. The second-order valence-corrected chi connectivity index (χ2v) is 3.03. The zero-order valence-electron chi connectivity index (χ0n) is 6.98. The predicted molar refractivity (Wildman–Crippen MR) is 42.5 cm³/mol. The van der Waals surface area contributed by atoms with Gasteiger partial charge in [0.25, 0.3) is 0 Å². The van der Waals surface area contributed by atoms with Crippen molar-refractivity contribution >= 4 is 17.3 Å². The van der Waals surface area contributed by atoms with Crippen LogP contribution in [0, 0.1) is 5.92 Å². The van der Waals surface area contributed by atoms with Gasteiger partial charge in [-0.25, -0.2) is 0 Å². The fraction of sp³-hybridized carbons (Fsp3) is 0.833. The summed E-state index contributed by atoms with van der Waals surface area (Å²) in [6.45, 7) is 3.34. The molecule has 0 radical (unpaired) electrons. The topological polar surface area (TPSA) is 72.8 Å². The molecule has 1 N–H and O–H groups in total. The van der Waals surface area contributed by atoms with Crippen LogP contribution in [0.15, 0.2) is 0 Å². The van der Waals surface area contributed by atoms with Gasteiger partial charge in [0.15, 0.2) is 0 Å². The molecule has 1 atom stereocenters. The van der Waals surface area contributed by atoms with Crippen LogP contribution in [0.25, 0.3) is 0 Å². The largest absolute Gasteiger partial charge is 0.463 e. The molecule has 0 amide bonds. The zero-order valence-corrected chi connectivity index (χ0v) is 7.80. The minimum absolute atomic E-state index is 0.00329. The van der Waals surface area contributed by atoms with E-state index in [-0.39, 0.29) is 25.1 Å². The van der Waals surface area contributed by atoms with Gasteiger partial charge < -0.3 is 4.74 Å². The Bertz CT molecular complexity index is 167. The Hall–Kier alpha value is -0.460. The molecule has 0 saturated carbocycles. The first-order valence-electron chi connectivity index (χ1n) is 3.44. The Labute approximate surface area is 73.5 Å². The average molecular weight is 196 g/mol. The number of hydrogen-bond acceptors (Lipinski definition) is 4. The maximum atomic E-state index is 10.8. The van der Waals surface area contributed by atoms with Gasteiger partial charge >= 0.3 is 17.3 Å². The molecule has 0 aromatic heterocycles. The minimum Gasteiger partial charge on any atom is -0.463 e. The molecule has 0 spiro atoms. The van der Waals surface area contributed by atoms with Gasteiger partial charge in [-0.1, -0.05) is 13.8 Å². The van der Waals surface area contributed by atoms with E-state index in [0.717, 1.165) is 0 Å². The molecule has 0 aliphatic rings. The molecule has 6 heteroatoms. The van der Waals surface area contributed by atoms with Crippen molar-refractivity contribution in [2.24, 2.45) is 5.92 Å².